The van der Waals surface area contributed by atoms with Crippen LogP contribution in [0.4, 0.5) is 5.95 Å². The first-order chi connectivity index (χ1) is 11.7. The molecular formula is C15H14N6O3. The predicted molar refractivity (Wildman–Crippen MR) is 83.9 cm³/mol. The van der Waals surface area contributed by atoms with Gasteiger partial charge in [-0.15, -0.1) is 5.10 Å². The number of carbonyl (C=O) groups is 2. The van der Waals surface area contributed by atoms with Crippen molar-refractivity contribution in [3.63, 3.8) is 0 Å². The molecule has 0 fully saturated rings. The third-order valence-corrected chi connectivity index (χ3v) is 3.07. The van der Waals surface area contributed by atoms with E-state index in [2.05, 4.69) is 30.8 Å². The average Bonchev–Trinajstić information content (AvgIpc) is 3.27. The lowest BCUT2D eigenvalue weighted by atomic mass is 10.3. The highest BCUT2D eigenvalue weighted by Gasteiger charge is 2.11. The Morgan fingerprint density at radius 2 is 2.17 bits per heavy atom. The van der Waals surface area contributed by atoms with Crippen molar-refractivity contribution in [3.8, 4) is 11.5 Å². The van der Waals surface area contributed by atoms with Crippen LogP contribution in [0.25, 0.3) is 11.5 Å². The lowest BCUT2D eigenvalue weighted by molar-refractivity contribution is -0.116. The Morgan fingerprint density at radius 3 is 2.92 bits per heavy atom. The van der Waals surface area contributed by atoms with Crippen molar-refractivity contribution in [1.82, 2.24) is 25.5 Å². The molecule has 0 spiro atoms. The molecule has 0 aromatic carbocycles. The van der Waals surface area contributed by atoms with Crippen molar-refractivity contribution in [1.29, 1.82) is 0 Å². The average molecular weight is 326 g/mol. The van der Waals surface area contributed by atoms with E-state index in [1.807, 2.05) is 6.07 Å². The third kappa shape index (κ3) is 3.83. The van der Waals surface area contributed by atoms with Crippen LogP contribution in [0, 0.1) is 0 Å². The van der Waals surface area contributed by atoms with Crippen LogP contribution < -0.4 is 10.6 Å². The van der Waals surface area contributed by atoms with Gasteiger partial charge in [0.1, 0.15) is 12.0 Å². The summed E-state index contributed by atoms with van der Waals surface area (Å²) in [5.74, 6) is 0.00178. The summed E-state index contributed by atoms with van der Waals surface area (Å²) in [5, 5.41) is 11.8. The van der Waals surface area contributed by atoms with Crippen molar-refractivity contribution in [2.24, 2.45) is 0 Å². The second kappa shape index (κ2) is 7.18. The van der Waals surface area contributed by atoms with Crippen LogP contribution in [0.1, 0.15) is 16.8 Å². The number of carbonyl (C=O) groups excluding carboxylic acids is 2. The molecule has 0 saturated carbocycles. The fourth-order valence-corrected chi connectivity index (χ4v) is 1.91. The molecule has 0 aliphatic rings. The van der Waals surface area contributed by atoms with Gasteiger partial charge in [-0.1, -0.05) is 6.07 Å². The maximum absolute atomic E-state index is 11.8. The highest BCUT2D eigenvalue weighted by Crippen LogP contribution is 2.11. The van der Waals surface area contributed by atoms with Crippen LogP contribution in [0.2, 0.25) is 0 Å². The Morgan fingerprint density at radius 1 is 1.25 bits per heavy atom. The molecular weight excluding hydrogens is 312 g/mol. The second-order valence-corrected chi connectivity index (χ2v) is 4.79. The van der Waals surface area contributed by atoms with E-state index in [1.54, 1.807) is 24.4 Å². The minimum Gasteiger partial charge on any atom is -0.472 e. The molecule has 0 aliphatic carbocycles. The Balaban J connectivity index is 1.47. The number of amides is 2. The van der Waals surface area contributed by atoms with Crippen molar-refractivity contribution in [2.75, 3.05) is 11.9 Å². The number of hydrogen-bond acceptors (Lipinski definition) is 6. The van der Waals surface area contributed by atoms with Gasteiger partial charge in [0.25, 0.3) is 5.91 Å². The third-order valence-electron chi connectivity index (χ3n) is 3.07. The molecule has 0 aliphatic heterocycles. The molecule has 2 amide bonds. The lowest BCUT2D eigenvalue weighted by Gasteiger charge is -2.03. The Hall–Kier alpha value is -3.49. The number of aromatic nitrogens is 4. The van der Waals surface area contributed by atoms with Crippen LogP contribution in [0.5, 0.6) is 0 Å². The minimum absolute atomic E-state index is 0.0943. The van der Waals surface area contributed by atoms with Crippen LogP contribution in [-0.4, -0.2) is 38.5 Å². The fourth-order valence-electron chi connectivity index (χ4n) is 1.91. The number of nitrogens with zero attached hydrogens (tertiary/aromatic N) is 3. The van der Waals surface area contributed by atoms with Gasteiger partial charge in [0, 0.05) is 19.2 Å². The van der Waals surface area contributed by atoms with E-state index in [-0.39, 0.29) is 30.7 Å². The first kappa shape index (κ1) is 15.4. The smallest absolute Gasteiger partial charge is 0.254 e. The second-order valence-electron chi connectivity index (χ2n) is 4.79. The maximum Gasteiger partial charge on any atom is 0.254 e. The van der Waals surface area contributed by atoms with Crippen LogP contribution in [0.3, 0.4) is 0 Å². The van der Waals surface area contributed by atoms with Gasteiger partial charge >= 0.3 is 0 Å². The summed E-state index contributed by atoms with van der Waals surface area (Å²) in [6, 6.07) is 6.94. The molecule has 9 heteroatoms. The zero-order valence-electron chi connectivity index (χ0n) is 12.5. The number of H-pyrrole nitrogens is 1. The molecule has 3 aromatic heterocycles. The SMILES string of the molecule is O=C(CCNC(=O)c1ccoc1)Nc1n[nH]c(-c2ccccn2)n1. The number of rotatable bonds is 6. The van der Waals surface area contributed by atoms with Gasteiger partial charge in [-0.2, -0.15) is 4.98 Å². The zero-order valence-corrected chi connectivity index (χ0v) is 12.5. The van der Waals surface area contributed by atoms with Crippen LogP contribution in [-0.2, 0) is 4.79 Å². The molecule has 24 heavy (non-hydrogen) atoms. The molecule has 9 nitrogen and oxygen atoms in total. The van der Waals surface area contributed by atoms with Gasteiger partial charge in [0.15, 0.2) is 5.82 Å². The zero-order chi connectivity index (χ0) is 16.8. The Labute approximate surface area is 136 Å². The van der Waals surface area contributed by atoms with E-state index in [0.717, 1.165) is 0 Å². The summed E-state index contributed by atoms with van der Waals surface area (Å²) >= 11 is 0. The molecule has 3 N–H and O–H groups in total. The molecule has 3 rings (SSSR count). The van der Waals surface area contributed by atoms with E-state index in [0.29, 0.717) is 17.1 Å². The van der Waals surface area contributed by atoms with E-state index >= 15 is 0 Å². The number of aromatic amines is 1. The molecule has 3 aromatic rings. The predicted octanol–water partition coefficient (Wildman–Crippen LogP) is 1.22. The molecule has 122 valence electrons. The van der Waals surface area contributed by atoms with E-state index in [1.165, 1.54) is 12.5 Å². The molecule has 0 bridgehead atoms. The van der Waals surface area contributed by atoms with Crippen molar-refractivity contribution >= 4 is 17.8 Å². The summed E-state index contributed by atoms with van der Waals surface area (Å²) in [6.07, 6.45) is 4.47. The summed E-state index contributed by atoms with van der Waals surface area (Å²) in [5.41, 5.74) is 1.03. The van der Waals surface area contributed by atoms with Gasteiger partial charge in [-0.05, 0) is 18.2 Å². The molecule has 0 unspecified atom stereocenters. The monoisotopic (exact) mass is 326 g/mol. The standard InChI is InChI=1S/C15H14N6O3/c22-12(4-7-17-14(23)10-5-8-24-9-10)18-15-19-13(20-21-15)11-3-1-2-6-16-11/h1-3,5-6,8-9H,4,7H2,(H,17,23)(H2,18,19,20,21,22). The minimum atomic E-state index is -0.311. The number of hydrogen-bond donors (Lipinski definition) is 3. The molecule has 0 atom stereocenters. The van der Waals surface area contributed by atoms with E-state index in [9.17, 15) is 9.59 Å². The summed E-state index contributed by atoms with van der Waals surface area (Å²) in [6.45, 7) is 0.188. The number of anilines is 1. The highest BCUT2D eigenvalue weighted by molar-refractivity contribution is 5.94. The van der Waals surface area contributed by atoms with Gasteiger partial charge in [0.05, 0.1) is 11.8 Å². The first-order valence-corrected chi connectivity index (χ1v) is 7.16. The first-order valence-electron chi connectivity index (χ1n) is 7.16. The topological polar surface area (TPSA) is 126 Å². The number of furan rings is 1. The highest BCUT2D eigenvalue weighted by atomic mass is 16.3. The largest absolute Gasteiger partial charge is 0.472 e. The van der Waals surface area contributed by atoms with Crippen LogP contribution in [0.15, 0.2) is 47.4 Å². The van der Waals surface area contributed by atoms with Crippen LogP contribution >= 0.6 is 0 Å². The van der Waals surface area contributed by atoms with Crippen molar-refractivity contribution < 1.29 is 14.0 Å². The quantitative estimate of drug-likeness (QED) is 0.625. The Kier molecular flexibility index (Phi) is 4.61. The van der Waals surface area contributed by atoms with Gasteiger partial charge in [0.2, 0.25) is 11.9 Å². The Bertz CT molecular complexity index is 813. The maximum atomic E-state index is 11.8. The number of pyridine rings is 1. The lowest BCUT2D eigenvalue weighted by Crippen LogP contribution is -2.27. The van der Waals surface area contributed by atoms with Gasteiger partial charge in [-0.25, -0.2) is 0 Å². The summed E-state index contributed by atoms with van der Waals surface area (Å²) < 4.78 is 4.82. The van der Waals surface area contributed by atoms with E-state index < -0.39 is 0 Å². The molecule has 3 heterocycles. The van der Waals surface area contributed by atoms with Gasteiger partial charge in [-0.3, -0.25) is 25.0 Å². The number of nitrogens with one attached hydrogen (secondary N) is 3. The fraction of sp³-hybridized carbons (Fsp3) is 0.133. The molecule has 0 radical (unpaired) electrons. The van der Waals surface area contributed by atoms with Crippen molar-refractivity contribution in [2.45, 2.75) is 6.42 Å². The van der Waals surface area contributed by atoms with Crippen molar-refractivity contribution in [3.05, 3.63) is 48.6 Å². The van der Waals surface area contributed by atoms with E-state index in [4.69, 9.17) is 4.42 Å². The summed E-state index contributed by atoms with van der Waals surface area (Å²) in [7, 11) is 0. The molecule has 0 saturated heterocycles. The normalized spacial score (nSPS) is 10.3. The summed E-state index contributed by atoms with van der Waals surface area (Å²) in [4.78, 5) is 31.8. The van der Waals surface area contributed by atoms with Gasteiger partial charge < -0.3 is 9.73 Å².